The Labute approximate surface area is 88.1 Å². The molecule has 1 N–H and O–H groups in total. The number of anilines is 1. The van der Waals surface area contributed by atoms with E-state index in [-0.39, 0.29) is 12.5 Å². The molecule has 0 aromatic heterocycles. The average Bonchev–Trinajstić information content (AvgIpc) is 2.25. The quantitative estimate of drug-likeness (QED) is 0.745. The molecule has 4 heteroatoms. The summed E-state index contributed by atoms with van der Waals surface area (Å²) in [7, 11) is 1.72. The molecule has 1 aromatic rings. The molecule has 1 heterocycles. The van der Waals surface area contributed by atoms with E-state index in [9.17, 15) is 4.79 Å². The number of carbonyl (C=O) groups is 1. The average molecular weight is 207 g/mol. The standard InChI is InChI=1S/C11H13NO3/c1-7-11(14)12(2)9-4-3-8(6-13)5-10(9)15-7/h3-5,7,13H,6H2,1-2H3. The third kappa shape index (κ3) is 1.57. The van der Waals surface area contributed by atoms with Crippen LogP contribution < -0.4 is 9.64 Å². The first-order valence-corrected chi connectivity index (χ1v) is 4.81. The highest BCUT2D eigenvalue weighted by molar-refractivity contribution is 5.99. The highest BCUT2D eigenvalue weighted by atomic mass is 16.5. The Hall–Kier alpha value is -1.55. The van der Waals surface area contributed by atoms with Gasteiger partial charge in [-0.1, -0.05) is 6.07 Å². The Bertz CT molecular complexity index is 403. The van der Waals surface area contributed by atoms with Crippen molar-refractivity contribution in [2.45, 2.75) is 19.6 Å². The monoisotopic (exact) mass is 207 g/mol. The van der Waals surface area contributed by atoms with Crippen LogP contribution in [0.4, 0.5) is 5.69 Å². The molecule has 1 aliphatic rings. The van der Waals surface area contributed by atoms with Crippen molar-refractivity contribution in [1.82, 2.24) is 0 Å². The van der Waals surface area contributed by atoms with E-state index in [0.717, 1.165) is 11.3 Å². The van der Waals surface area contributed by atoms with Crippen LogP contribution in [-0.2, 0) is 11.4 Å². The summed E-state index contributed by atoms with van der Waals surface area (Å²) in [4.78, 5) is 13.2. The van der Waals surface area contributed by atoms with Crippen LogP contribution in [0.1, 0.15) is 12.5 Å². The Morgan fingerprint density at radius 1 is 1.53 bits per heavy atom. The number of amides is 1. The van der Waals surface area contributed by atoms with E-state index < -0.39 is 6.10 Å². The van der Waals surface area contributed by atoms with Crippen molar-refractivity contribution in [3.8, 4) is 5.75 Å². The number of aliphatic hydroxyl groups is 1. The molecule has 0 fully saturated rings. The van der Waals surface area contributed by atoms with Gasteiger partial charge >= 0.3 is 0 Å². The summed E-state index contributed by atoms with van der Waals surface area (Å²) >= 11 is 0. The zero-order chi connectivity index (χ0) is 11.0. The number of fused-ring (bicyclic) bond motifs is 1. The van der Waals surface area contributed by atoms with Gasteiger partial charge < -0.3 is 14.7 Å². The molecular formula is C11H13NO3. The topological polar surface area (TPSA) is 49.8 Å². The number of benzene rings is 1. The number of aliphatic hydroxyl groups excluding tert-OH is 1. The molecule has 80 valence electrons. The molecule has 1 atom stereocenters. The van der Waals surface area contributed by atoms with Crippen molar-refractivity contribution in [3.05, 3.63) is 23.8 Å². The second-order valence-corrected chi connectivity index (χ2v) is 3.62. The first-order chi connectivity index (χ1) is 7.13. The second kappa shape index (κ2) is 3.55. The number of ether oxygens (including phenoxy) is 1. The van der Waals surface area contributed by atoms with Crippen molar-refractivity contribution in [1.29, 1.82) is 0 Å². The van der Waals surface area contributed by atoms with Gasteiger partial charge in [-0.05, 0) is 24.6 Å². The largest absolute Gasteiger partial charge is 0.479 e. The number of hydrogen-bond donors (Lipinski definition) is 1. The van der Waals surface area contributed by atoms with Crippen LogP contribution in [0.2, 0.25) is 0 Å². The van der Waals surface area contributed by atoms with Crippen LogP contribution in [-0.4, -0.2) is 24.2 Å². The van der Waals surface area contributed by atoms with E-state index in [0.29, 0.717) is 5.75 Å². The summed E-state index contributed by atoms with van der Waals surface area (Å²) in [5.74, 6) is 0.593. The van der Waals surface area contributed by atoms with Crippen LogP contribution in [0, 0.1) is 0 Å². The van der Waals surface area contributed by atoms with E-state index in [1.807, 2.05) is 0 Å². The zero-order valence-corrected chi connectivity index (χ0v) is 8.73. The minimum absolute atomic E-state index is 0.0251. The summed E-state index contributed by atoms with van der Waals surface area (Å²) in [6, 6.07) is 5.32. The normalized spacial score (nSPS) is 19.8. The third-order valence-corrected chi connectivity index (χ3v) is 2.55. The predicted octanol–water partition coefficient (Wildman–Crippen LogP) is 0.923. The summed E-state index contributed by atoms with van der Waals surface area (Å²) in [6.45, 7) is 1.69. The Morgan fingerprint density at radius 3 is 2.93 bits per heavy atom. The van der Waals surface area contributed by atoms with Gasteiger partial charge in [-0.15, -0.1) is 0 Å². The summed E-state index contributed by atoms with van der Waals surface area (Å²) in [6.07, 6.45) is -0.462. The smallest absolute Gasteiger partial charge is 0.267 e. The van der Waals surface area contributed by atoms with Gasteiger partial charge in [-0.25, -0.2) is 0 Å². The molecule has 1 aliphatic heterocycles. The minimum atomic E-state index is -0.462. The molecule has 1 unspecified atom stereocenters. The summed E-state index contributed by atoms with van der Waals surface area (Å²) in [5, 5.41) is 8.99. The molecule has 0 saturated heterocycles. The van der Waals surface area contributed by atoms with E-state index in [1.165, 1.54) is 0 Å². The Kier molecular flexibility index (Phi) is 2.36. The van der Waals surface area contributed by atoms with Crippen LogP contribution in [0.25, 0.3) is 0 Å². The van der Waals surface area contributed by atoms with Crippen LogP contribution in [0.5, 0.6) is 5.75 Å². The molecule has 0 spiro atoms. The minimum Gasteiger partial charge on any atom is -0.479 e. The number of nitrogens with zero attached hydrogens (tertiary/aromatic N) is 1. The van der Waals surface area contributed by atoms with E-state index in [4.69, 9.17) is 9.84 Å². The van der Waals surface area contributed by atoms with Gasteiger partial charge in [-0.3, -0.25) is 4.79 Å². The van der Waals surface area contributed by atoms with Crippen LogP contribution in [0.3, 0.4) is 0 Å². The number of likely N-dealkylation sites (N-methyl/N-ethyl adjacent to an activating group) is 1. The molecule has 2 rings (SSSR count). The summed E-state index contributed by atoms with van der Waals surface area (Å²) < 4.78 is 5.45. The highest BCUT2D eigenvalue weighted by Gasteiger charge is 2.28. The van der Waals surface area contributed by atoms with Gasteiger partial charge in [0.1, 0.15) is 5.75 Å². The number of rotatable bonds is 1. The van der Waals surface area contributed by atoms with E-state index in [2.05, 4.69) is 0 Å². The fourth-order valence-electron chi connectivity index (χ4n) is 1.66. The molecule has 1 amide bonds. The highest BCUT2D eigenvalue weighted by Crippen LogP contribution is 2.33. The maximum Gasteiger partial charge on any atom is 0.267 e. The SMILES string of the molecule is CC1Oc2cc(CO)ccc2N(C)C1=O. The van der Waals surface area contributed by atoms with E-state index in [1.54, 1.807) is 37.1 Å². The van der Waals surface area contributed by atoms with Crippen molar-refractivity contribution in [2.75, 3.05) is 11.9 Å². The molecule has 0 bridgehead atoms. The Morgan fingerprint density at radius 2 is 2.27 bits per heavy atom. The maximum absolute atomic E-state index is 11.6. The van der Waals surface area contributed by atoms with Gasteiger partial charge in [0.15, 0.2) is 6.10 Å². The molecule has 4 nitrogen and oxygen atoms in total. The molecule has 1 aromatic carbocycles. The zero-order valence-electron chi connectivity index (χ0n) is 8.73. The summed E-state index contributed by atoms with van der Waals surface area (Å²) in [5.41, 5.74) is 1.53. The van der Waals surface area contributed by atoms with Gasteiger partial charge in [-0.2, -0.15) is 0 Å². The lowest BCUT2D eigenvalue weighted by Crippen LogP contribution is -2.41. The third-order valence-electron chi connectivity index (χ3n) is 2.55. The van der Waals surface area contributed by atoms with Crippen molar-refractivity contribution in [3.63, 3.8) is 0 Å². The fourth-order valence-corrected chi connectivity index (χ4v) is 1.66. The molecular weight excluding hydrogens is 194 g/mol. The van der Waals surface area contributed by atoms with Gasteiger partial charge in [0.2, 0.25) is 0 Å². The maximum atomic E-state index is 11.6. The van der Waals surface area contributed by atoms with Crippen molar-refractivity contribution in [2.24, 2.45) is 0 Å². The molecule has 0 aliphatic carbocycles. The van der Waals surface area contributed by atoms with Crippen LogP contribution >= 0.6 is 0 Å². The van der Waals surface area contributed by atoms with E-state index >= 15 is 0 Å². The number of hydrogen-bond acceptors (Lipinski definition) is 3. The van der Waals surface area contributed by atoms with Gasteiger partial charge in [0.25, 0.3) is 5.91 Å². The fraction of sp³-hybridized carbons (Fsp3) is 0.364. The van der Waals surface area contributed by atoms with Crippen molar-refractivity contribution >= 4 is 11.6 Å². The van der Waals surface area contributed by atoms with Crippen molar-refractivity contribution < 1.29 is 14.6 Å². The molecule has 0 saturated carbocycles. The molecule has 0 radical (unpaired) electrons. The van der Waals surface area contributed by atoms with Gasteiger partial charge in [0.05, 0.1) is 12.3 Å². The first-order valence-electron chi connectivity index (χ1n) is 4.81. The lowest BCUT2D eigenvalue weighted by Gasteiger charge is -2.30. The number of carbonyl (C=O) groups excluding carboxylic acids is 1. The lowest BCUT2D eigenvalue weighted by atomic mass is 10.1. The second-order valence-electron chi connectivity index (χ2n) is 3.62. The lowest BCUT2D eigenvalue weighted by molar-refractivity contribution is -0.125. The van der Waals surface area contributed by atoms with Crippen LogP contribution in [0.15, 0.2) is 18.2 Å². The molecule has 15 heavy (non-hydrogen) atoms. The predicted molar refractivity (Wildman–Crippen MR) is 55.9 cm³/mol. The van der Waals surface area contributed by atoms with Gasteiger partial charge in [0, 0.05) is 7.05 Å². The first kappa shape index (κ1) is 9.98. The Balaban J connectivity index is 2.45.